The van der Waals surface area contributed by atoms with Crippen molar-refractivity contribution in [2.24, 2.45) is 0 Å². The third kappa shape index (κ3) is 2.25. The molecule has 0 aliphatic carbocycles. The molecule has 5 heteroatoms. The molecule has 0 spiro atoms. The smallest absolute Gasteiger partial charge is 0.307 e. The zero-order valence-corrected chi connectivity index (χ0v) is 8.67. The summed E-state index contributed by atoms with van der Waals surface area (Å²) in [5, 5.41) is 16.2. The normalized spacial score (nSPS) is 10.3. The summed E-state index contributed by atoms with van der Waals surface area (Å²) in [6.07, 6.45) is 0.0170. The lowest BCUT2D eigenvalue weighted by molar-refractivity contribution is -0.136. The molecule has 0 bridgehead atoms. The van der Waals surface area contributed by atoms with E-state index in [9.17, 15) is 4.79 Å². The fourth-order valence-electron chi connectivity index (χ4n) is 1.35. The summed E-state index contributed by atoms with van der Waals surface area (Å²) in [7, 11) is 0. The molecule has 2 rings (SSSR count). The third-order valence-electron chi connectivity index (χ3n) is 2.08. The average molecular weight is 218 g/mol. The van der Waals surface area contributed by atoms with Crippen molar-refractivity contribution >= 4 is 5.97 Å². The van der Waals surface area contributed by atoms with Gasteiger partial charge >= 0.3 is 5.97 Å². The molecule has 0 saturated carbocycles. The van der Waals surface area contributed by atoms with Gasteiger partial charge in [0.15, 0.2) is 0 Å². The van der Waals surface area contributed by atoms with E-state index >= 15 is 0 Å². The molecule has 0 radical (unpaired) electrons. The summed E-state index contributed by atoms with van der Waals surface area (Å²) in [4.78, 5) is 10.5. The second-order valence-corrected chi connectivity index (χ2v) is 3.39. The number of rotatable bonds is 3. The van der Waals surface area contributed by atoms with Gasteiger partial charge in [0.1, 0.15) is 0 Å². The average Bonchev–Trinajstić information content (AvgIpc) is 2.65. The molecule has 0 amide bonds. The Labute approximate surface area is 91.7 Å². The summed E-state index contributed by atoms with van der Waals surface area (Å²) in [5.41, 5.74) is 1.53. The second kappa shape index (κ2) is 4.14. The zero-order chi connectivity index (χ0) is 11.5. The molecule has 1 N–H and O–H groups in total. The van der Waals surface area contributed by atoms with E-state index in [4.69, 9.17) is 9.52 Å². The Morgan fingerprint density at radius 3 is 2.50 bits per heavy atom. The number of aryl methyl sites for hydroxylation is 1. The van der Waals surface area contributed by atoms with Crippen molar-refractivity contribution < 1.29 is 14.3 Å². The van der Waals surface area contributed by atoms with Crippen LogP contribution in [-0.4, -0.2) is 21.3 Å². The molecule has 0 aliphatic heterocycles. The maximum absolute atomic E-state index is 10.5. The standard InChI is InChI=1S/C11H10N2O3/c1-7-12-13-11(16-7)9-4-2-8(3-5-9)6-10(14)15/h2-5H,6H2,1H3,(H,14,15). The van der Waals surface area contributed by atoms with Gasteiger partial charge in [-0.1, -0.05) is 12.1 Å². The van der Waals surface area contributed by atoms with Crippen LogP contribution in [0, 0.1) is 6.92 Å². The highest BCUT2D eigenvalue weighted by Gasteiger charge is 2.06. The molecule has 0 unspecified atom stereocenters. The summed E-state index contributed by atoms with van der Waals surface area (Å²) in [6.45, 7) is 1.72. The first-order valence-corrected chi connectivity index (χ1v) is 4.76. The Bertz CT molecular complexity index is 502. The summed E-state index contributed by atoms with van der Waals surface area (Å²) < 4.78 is 5.25. The van der Waals surface area contributed by atoms with Crippen molar-refractivity contribution in [1.82, 2.24) is 10.2 Å². The van der Waals surface area contributed by atoms with Crippen LogP contribution in [-0.2, 0) is 11.2 Å². The predicted octanol–water partition coefficient (Wildman–Crippen LogP) is 1.67. The van der Waals surface area contributed by atoms with Gasteiger partial charge in [-0.25, -0.2) is 0 Å². The van der Waals surface area contributed by atoms with Crippen LogP contribution in [0.2, 0.25) is 0 Å². The highest BCUT2D eigenvalue weighted by atomic mass is 16.4. The molecule has 1 aromatic heterocycles. The Morgan fingerprint density at radius 1 is 1.31 bits per heavy atom. The van der Waals surface area contributed by atoms with Crippen molar-refractivity contribution in [3.05, 3.63) is 35.7 Å². The number of aromatic nitrogens is 2. The molecule has 0 fully saturated rings. The van der Waals surface area contributed by atoms with E-state index in [2.05, 4.69) is 10.2 Å². The lowest BCUT2D eigenvalue weighted by atomic mass is 10.1. The quantitative estimate of drug-likeness (QED) is 0.847. The monoisotopic (exact) mass is 218 g/mol. The first-order valence-electron chi connectivity index (χ1n) is 4.76. The maximum Gasteiger partial charge on any atom is 0.307 e. The van der Waals surface area contributed by atoms with Crippen molar-refractivity contribution in [3.63, 3.8) is 0 Å². The maximum atomic E-state index is 10.5. The van der Waals surface area contributed by atoms with Crippen LogP contribution < -0.4 is 0 Å². The van der Waals surface area contributed by atoms with E-state index in [1.165, 1.54) is 0 Å². The third-order valence-corrected chi connectivity index (χ3v) is 2.08. The second-order valence-electron chi connectivity index (χ2n) is 3.39. The van der Waals surface area contributed by atoms with Crippen LogP contribution in [0.15, 0.2) is 28.7 Å². The van der Waals surface area contributed by atoms with Crippen LogP contribution in [0.3, 0.4) is 0 Å². The Morgan fingerprint density at radius 2 is 2.00 bits per heavy atom. The molecule has 0 saturated heterocycles. The highest BCUT2D eigenvalue weighted by Crippen LogP contribution is 2.18. The lowest BCUT2D eigenvalue weighted by Gasteiger charge is -1.98. The fourth-order valence-corrected chi connectivity index (χ4v) is 1.35. The molecule has 2 aromatic rings. The molecule has 16 heavy (non-hydrogen) atoms. The van der Waals surface area contributed by atoms with Gasteiger partial charge in [-0.3, -0.25) is 4.79 Å². The zero-order valence-electron chi connectivity index (χ0n) is 8.67. The first kappa shape index (κ1) is 10.4. The topological polar surface area (TPSA) is 76.2 Å². The largest absolute Gasteiger partial charge is 0.481 e. The van der Waals surface area contributed by atoms with Crippen LogP contribution in [0.1, 0.15) is 11.5 Å². The number of hydrogen-bond donors (Lipinski definition) is 1. The van der Waals surface area contributed by atoms with Crippen molar-refractivity contribution in [2.75, 3.05) is 0 Å². The van der Waals surface area contributed by atoms with Gasteiger partial charge < -0.3 is 9.52 Å². The van der Waals surface area contributed by atoms with Crippen molar-refractivity contribution in [3.8, 4) is 11.5 Å². The van der Waals surface area contributed by atoms with Crippen molar-refractivity contribution in [1.29, 1.82) is 0 Å². The fraction of sp³-hybridized carbons (Fsp3) is 0.182. The first-order chi connectivity index (χ1) is 7.65. The van der Waals surface area contributed by atoms with E-state index in [0.29, 0.717) is 11.8 Å². The Balaban J connectivity index is 2.22. The molecular weight excluding hydrogens is 208 g/mol. The number of carbonyl (C=O) groups is 1. The molecule has 82 valence electrons. The molecule has 1 aromatic carbocycles. The Hall–Kier alpha value is -2.17. The number of nitrogens with zero attached hydrogens (tertiary/aromatic N) is 2. The predicted molar refractivity (Wildman–Crippen MR) is 55.8 cm³/mol. The van der Waals surface area contributed by atoms with Crippen LogP contribution in [0.25, 0.3) is 11.5 Å². The van der Waals surface area contributed by atoms with Crippen molar-refractivity contribution in [2.45, 2.75) is 13.3 Å². The van der Waals surface area contributed by atoms with Gasteiger partial charge in [0.05, 0.1) is 6.42 Å². The van der Waals surface area contributed by atoms with E-state index in [-0.39, 0.29) is 6.42 Å². The minimum Gasteiger partial charge on any atom is -0.481 e. The molecule has 5 nitrogen and oxygen atoms in total. The van der Waals surface area contributed by atoms with Gasteiger partial charge in [-0.2, -0.15) is 0 Å². The van der Waals surface area contributed by atoms with Crippen LogP contribution in [0.4, 0.5) is 0 Å². The number of carboxylic acid groups (broad SMARTS) is 1. The van der Waals surface area contributed by atoms with E-state index in [1.807, 2.05) is 0 Å². The number of carboxylic acids is 1. The van der Waals surface area contributed by atoms with Gasteiger partial charge in [-0.05, 0) is 17.7 Å². The minimum atomic E-state index is -0.846. The highest BCUT2D eigenvalue weighted by molar-refractivity contribution is 5.70. The molecule has 0 atom stereocenters. The lowest BCUT2D eigenvalue weighted by Crippen LogP contribution is -1.99. The van der Waals surface area contributed by atoms with E-state index < -0.39 is 5.97 Å². The molecular formula is C11H10N2O3. The molecule has 0 aliphatic rings. The van der Waals surface area contributed by atoms with E-state index in [0.717, 1.165) is 11.1 Å². The van der Waals surface area contributed by atoms with Gasteiger partial charge in [0, 0.05) is 12.5 Å². The van der Waals surface area contributed by atoms with E-state index in [1.54, 1.807) is 31.2 Å². The molecule has 1 heterocycles. The SMILES string of the molecule is Cc1nnc(-c2ccc(CC(=O)O)cc2)o1. The number of benzene rings is 1. The van der Waals surface area contributed by atoms with Crippen LogP contribution >= 0.6 is 0 Å². The van der Waals surface area contributed by atoms with Crippen LogP contribution in [0.5, 0.6) is 0 Å². The Kier molecular flexibility index (Phi) is 2.68. The summed E-state index contributed by atoms with van der Waals surface area (Å²) >= 11 is 0. The summed E-state index contributed by atoms with van der Waals surface area (Å²) in [6, 6.07) is 7.02. The number of hydrogen-bond acceptors (Lipinski definition) is 4. The number of aliphatic carboxylic acids is 1. The minimum absolute atomic E-state index is 0.0170. The van der Waals surface area contributed by atoms with Gasteiger partial charge in [-0.15, -0.1) is 10.2 Å². The summed E-state index contributed by atoms with van der Waals surface area (Å²) in [5.74, 6) is 0.102. The van der Waals surface area contributed by atoms with Gasteiger partial charge in [0.25, 0.3) is 0 Å². The van der Waals surface area contributed by atoms with Gasteiger partial charge in [0.2, 0.25) is 11.8 Å².